The number of amidine groups is 1. The number of Topliss-reactive ketones (excluding diaryl/α,β-unsaturated/α-hetero) is 1. The highest BCUT2D eigenvalue weighted by Crippen LogP contribution is 2.25. The first-order chi connectivity index (χ1) is 16.2. The molecular weight excluding hydrogens is 437 g/mol. The molecule has 0 saturated carbocycles. The fraction of sp³-hybridized carbons (Fsp3) is 0.280. The number of nitrogens with two attached hydrogens (primary N) is 1. The van der Waals surface area contributed by atoms with Crippen molar-refractivity contribution >= 4 is 34.8 Å². The third-order valence-electron chi connectivity index (χ3n) is 5.33. The van der Waals surface area contributed by atoms with Gasteiger partial charge in [0.15, 0.2) is 0 Å². The highest BCUT2D eigenvalue weighted by atomic mass is 19.1. The molecule has 0 unspecified atom stereocenters. The van der Waals surface area contributed by atoms with Crippen LogP contribution in [0, 0.1) is 5.82 Å². The Morgan fingerprint density at radius 3 is 2.21 bits per heavy atom. The number of nitrogens with one attached hydrogen (secondary N) is 1. The first-order valence-electron chi connectivity index (χ1n) is 11.0. The van der Waals surface area contributed by atoms with Gasteiger partial charge >= 0.3 is 6.03 Å². The third kappa shape index (κ3) is 5.67. The lowest BCUT2D eigenvalue weighted by Gasteiger charge is -2.36. The maximum Gasteiger partial charge on any atom is 0.343 e. The van der Waals surface area contributed by atoms with Gasteiger partial charge in [0.1, 0.15) is 11.7 Å². The van der Waals surface area contributed by atoms with Crippen LogP contribution in [0.5, 0.6) is 0 Å². The molecule has 0 aliphatic carbocycles. The van der Waals surface area contributed by atoms with Gasteiger partial charge in [-0.3, -0.25) is 9.59 Å². The van der Waals surface area contributed by atoms with Gasteiger partial charge in [-0.15, -0.1) is 0 Å². The molecular formula is C25H28FN5O3. The molecule has 1 heterocycles. The van der Waals surface area contributed by atoms with Gasteiger partial charge < -0.3 is 20.9 Å². The normalized spacial score (nSPS) is 14.2. The Kier molecular flexibility index (Phi) is 7.78. The number of anilines is 1. The van der Waals surface area contributed by atoms with Gasteiger partial charge in [0.05, 0.1) is 0 Å². The molecule has 2 aromatic carbocycles. The van der Waals surface area contributed by atoms with E-state index in [0.717, 1.165) is 11.6 Å². The SMILES string of the molecule is C=C(C(=O)C(=O)N1CCN(/C(=N/C(=O)NC(C)C)c2ccccc2)CC1)c1c(N)cccc1F. The van der Waals surface area contributed by atoms with Gasteiger partial charge in [-0.05, 0) is 26.0 Å². The molecule has 0 aromatic heterocycles. The van der Waals surface area contributed by atoms with Crippen LogP contribution in [0.4, 0.5) is 14.9 Å². The third-order valence-corrected chi connectivity index (χ3v) is 5.33. The predicted octanol–water partition coefficient (Wildman–Crippen LogP) is 2.70. The van der Waals surface area contributed by atoms with E-state index < -0.39 is 23.5 Å². The molecule has 0 atom stereocenters. The molecule has 34 heavy (non-hydrogen) atoms. The van der Waals surface area contributed by atoms with Crippen molar-refractivity contribution in [2.75, 3.05) is 31.9 Å². The second-order valence-electron chi connectivity index (χ2n) is 8.20. The zero-order chi connectivity index (χ0) is 24.8. The number of hydrogen-bond donors (Lipinski definition) is 2. The number of nitrogen functional groups attached to an aromatic ring is 1. The van der Waals surface area contributed by atoms with Crippen LogP contribution >= 0.6 is 0 Å². The summed E-state index contributed by atoms with van der Waals surface area (Å²) < 4.78 is 14.2. The minimum atomic E-state index is -0.904. The van der Waals surface area contributed by atoms with Crippen molar-refractivity contribution in [3.8, 4) is 0 Å². The first-order valence-corrected chi connectivity index (χ1v) is 11.0. The largest absolute Gasteiger partial charge is 0.398 e. The Morgan fingerprint density at radius 1 is 1.00 bits per heavy atom. The van der Waals surface area contributed by atoms with Crippen LogP contribution in [0.25, 0.3) is 5.57 Å². The van der Waals surface area contributed by atoms with E-state index >= 15 is 0 Å². The summed E-state index contributed by atoms with van der Waals surface area (Å²) in [7, 11) is 0. The van der Waals surface area contributed by atoms with Gasteiger partial charge in [0, 0.05) is 54.6 Å². The number of rotatable bonds is 5. The summed E-state index contributed by atoms with van der Waals surface area (Å²) in [5, 5.41) is 2.75. The van der Waals surface area contributed by atoms with Crippen molar-refractivity contribution in [1.82, 2.24) is 15.1 Å². The Morgan fingerprint density at radius 2 is 1.62 bits per heavy atom. The number of carbonyl (C=O) groups excluding carboxylic acids is 3. The van der Waals surface area contributed by atoms with Gasteiger partial charge in [-0.2, -0.15) is 4.99 Å². The molecule has 3 N–H and O–H groups in total. The lowest BCUT2D eigenvalue weighted by atomic mass is 10.00. The Bertz CT molecular complexity index is 1100. The molecule has 1 aliphatic heterocycles. The summed E-state index contributed by atoms with van der Waals surface area (Å²) in [6, 6.07) is 12.8. The van der Waals surface area contributed by atoms with Crippen molar-refractivity contribution < 1.29 is 18.8 Å². The van der Waals surface area contributed by atoms with Gasteiger partial charge in [0.25, 0.3) is 11.7 Å². The molecule has 3 amide bonds. The summed E-state index contributed by atoms with van der Waals surface area (Å²) in [6.45, 7) is 8.47. The summed E-state index contributed by atoms with van der Waals surface area (Å²) in [6.07, 6.45) is 0. The highest BCUT2D eigenvalue weighted by Gasteiger charge is 2.30. The van der Waals surface area contributed by atoms with Crippen molar-refractivity contribution in [3.05, 3.63) is 72.1 Å². The summed E-state index contributed by atoms with van der Waals surface area (Å²) in [5.41, 5.74) is 6.15. The van der Waals surface area contributed by atoms with Crippen LogP contribution in [-0.4, -0.2) is 65.6 Å². The fourth-order valence-electron chi connectivity index (χ4n) is 3.65. The molecule has 2 aromatic rings. The van der Waals surface area contributed by atoms with E-state index in [2.05, 4.69) is 16.9 Å². The van der Waals surface area contributed by atoms with Crippen LogP contribution in [-0.2, 0) is 9.59 Å². The molecule has 178 valence electrons. The highest BCUT2D eigenvalue weighted by molar-refractivity contribution is 6.53. The van der Waals surface area contributed by atoms with E-state index in [0.29, 0.717) is 18.9 Å². The molecule has 0 bridgehead atoms. The van der Waals surface area contributed by atoms with Gasteiger partial charge in [-0.25, -0.2) is 9.18 Å². The van der Waals surface area contributed by atoms with Gasteiger partial charge in [0.2, 0.25) is 0 Å². The van der Waals surface area contributed by atoms with Crippen molar-refractivity contribution in [2.45, 2.75) is 19.9 Å². The van der Waals surface area contributed by atoms with E-state index in [1.807, 2.05) is 49.1 Å². The number of urea groups is 1. The number of nitrogens with zero attached hydrogens (tertiary/aromatic N) is 3. The predicted molar refractivity (Wildman–Crippen MR) is 130 cm³/mol. The molecule has 9 heteroatoms. The maximum absolute atomic E-state index is 14.2. The van der Waals surface area contributed by atoms with E-state index in [9.17, 15) is 18.8 Å². The molecule has 0 radical (unpaired) electrons. The Hall–Kier alpha value is -4.01. The van der Waals surface area contributed by atoms with E-state index in [1.165, 1.54) is 17.0 Å². The standard InChI is InChI=1S/C25H28FN5O3/c1-16(2)28-25(34)29-23(18-8-5-4-6-9-18)30-12-14-31(15-13-30)24(33)22(32)17(3)21-19(26)10-7-11-20(21)27/h4-11,16H,3,12-15,27H2,1-2H3,(H,28,34)/b29-23+. The van der Waals surface area contributed by atoms with E-state index in [1.54, 1.807) is 0 Å². The molecule has 1 saturated heterocycles. The second kappa shape index (κ2) is 10.7. The van der Waals surface area contributed by atoms with Crippen LogP contribution in [0.3, 0.4) is 0 Å². The molecule has 8 nitrogen and oxygen atoms in total. The van der Waals surface area contributed by atoms with Crippen molar-refractivity contribution in [3.63, 3.8) is 0 Å². The Balaban J connectivity index is 1.72. The van der Waals surface area contributed by atoms with Crippen molar-refractivity contribution in [1.29, 1.82) is 0 Å². The number of amides is 3. The second-order valence-corrected chi connectivity index (χ2v) is 8.20. The quantitative estimate of drug-likeness (QED) is 0.232. The Labute approximate surface area is 197 Å². The summed E-state index contributed by atoms with van der Waals surface area (Å²) in [5.74, 6) is -1.90. The summed E-state index contributed by atoms with van der Waals surface area (Å²) in [4.78, 5) is 45.4. The number of piperazine rings is 1. The smallest absolute Gasteiger partial charge is 0.343 e. The number of hydrogen-bond acceptors (Lipinski definition) is 4. The molecule has 3 rings (SSSR count). The van der Waals surface area contributed by atoms with Crippen LogP contribution in [0.1, 0.15) is 25.0 Å². The topological polar surface area (TPSA) is 108 Å². The average Bonchev–Trinajstić information content (AvgIpc) is 2.81. The number of halogens is 1. The van der Waals surface area contributed by atoms with Crippen LogP contribution < -0.4 is 11.1 Å². The lowest BCUT2D eigenvalue weighted by molar-refractivity contribution is -0.142. The number of aliphatic imine (C=N–C) groups is 1. The van der Waals surface area contributed by atoms with Gasteiger partial charge in [-0.1, -0.05) is 43.0 Å². The molecule has 1 fully saturated rings. The number of carbonyl (C=O) groups is 3. The first kappa shape index (κ1) is 24.6. The number of benzene rings is 2. The fourth-order valence-corrected chi connectivity index (χ4v) is 3.65. The zero-order valence-electron chi connectivity index (χ0n) is 19.3. The molecule has 1 aliphatic rings. The van der Waals surface area contributed by atoms with E-state index in [-0.39, 0.29) is 36.0 Å². The average molecular weight is 466 g/mol. The summed E-state index contributed by atoms with van der Waals surface area (Å²) >= 11 is 0. The molecule has 0 spiro atoms. The van der Waals surface area contributed by atoms with Crippen LogP contribution in [0.2, 0.25) is 0 Å². The lowest BCUT2D eigenvalue weighted by Crippen LogP contribution is -2.52. The van der Waals surface area contributed by atoms with E-state index in [4.69, 9.17) is 5.73 Å². The van der Waals surface area contributed by atoms with Crippen molar-refractivity contribution in [2.24, 2.45) is 4.99 Å². The minimum absolute atomic E-state index is 0.0411. The number of ketones is 1. The van der Waals surface area contributed by atoms with Crippen LogP contribution in [0.15, 0.2) is 60.1 Å². The maximum atomic E-state index is 14.2. The minimum Gasteiger partial charge on any atom is -0.398 e. The monoisotopic (exact) mass is 465 g/mol. The zero-order valence-corrected chi connectivity index (χ0v) is 19.3.